The van der Waals surface area contributed by atoms with Crippen LogP contribution in [-0.2, 0) is 6.54 Å². The molecule has 1 saturated heterocycles. The smallest absolute Gasteiger partial charge is 0.212 e. The molecule has 33 heavy (non-hydrogen) atoms. The van der Waals surface area contributed by atoms with Crippen LogP contribution >= 0.6 is 0 Å². The molecule has 0 bridgehead atoms. The Balaban J connectivity index is 1.22. The maximum atomic E-state index is 10.1. The van der Waals surface area contributed by atoms with E-state index < -0.39 is 0 Å². The Morgan fingerprint density at radius 3 is 2.64 bits per heavy atom. The number of pyridine rings is 2. The van der Waals surface area contributed by atoms with Gasteiger partial charge in [-0.15, -0.1) is 0 Å². The number of aliphatic hydroxyl groups excluding tert-OH is 1. The van der Waals surface area contributed by atoms with Crippen molar-refractivity contribution in [2.75, 3.05) is 38.2 Å². The van der Waals surface area contributed by atoms with E-state index in [1.54, 1.807) is 30.6 Å². The molecule has 9 nitrogen and oxygen atoms in total. The molecule has 1 fully saturated rings. The van der Waals surface area contributed by atoms with Crippen LogP contribution in [0.2, 0.25) is 0 Å². The van der Waals surface area contributed by atoms with Crippen molar-refractivity contribution < 1.29 is 9.84 Å². The van der Waals surface area contributed by atoms with E-state index in [1.807, 2.05) is 30.6 Å². The van der Waals surface area contributed by atoms with Gasteiger partial charge in [-0.2, -0.15) is 10.4 Å². The average molecular weight is 444 g/mol. The number of hydrazone groups is 1. The third kappa shape index (κ3) is 4.25. The minimum Gasteiger partial charge on any atom is -0.506 e. The molecular weight excluding hydrogens is 418 g/mol. The molecule has 168 valence electrons. The summed E-state index contributed by atoms with van der Waals surface area (Å²) in [6, 6.07) is 10.0. The Hall–Kier alpha value is -3.90. The second-order valence-corrected chi connectivity index (χ2v) is 8.27. The van der Waals surface area contributed by atoms with Gasteiger partial charge in [-0.25, -0.2) is 9.97 Å². The first-order chi connectivity index (χ1) is 16.1. The highest BCUT2D eigenvalue weighted by molar-refractivity contribution is 5.81. The molecule has 0 aliphatic carbocycles. The number of rotatable bonds is 5. The number of piperazine rings is 1. The lowest BCUT2D eigenvalue weighted by Gasteiger charge is -2.35. The molecule has 2 aromatic heterocycles. The Bertz CT molecular complexity index is 1130. The summed E-state index contributed by atoms with van der Waals surface area (Å²) in [7, 11) is 1.62. The Kier molecular flexibility index (Phi) is 5.67. The number of fused-ring (bicyclic) bond motifs is 1. The Labute approximate surface area is 192 Å². The van der Waals surface area contributed by atoms with E-state index in [4.69, 9.17) is 9.72 Å². The quantitative estimate of drug-likeness (QED) is 0.752. The maximum absolute atomic E-state index is 10.1. The summed E-state index contributed by atoms with van der Waals surface area (Å²) in [6.45, 7) is 4.53. The number of aromatic nitrogens is 2. The van der Waals surface area contributed by atoms with Crippen molar-refractivity contribution in [1.29, 1.82) is 5.26 Å². The molecule has 2 aromatic rings. The van der Waals surface area contributed by atoms with Gasteiger partial charge >= 0.3 is 0 Å². The van der Waals surface area contributed by atoms with E-state index in [2.05, 4.69) is 32.0 Å². The van der Waals surface area contributed by atoms with Crippen molar-refractivity contribution in [2.24, 2.45) is 11.0 Å². The second kappa shape index (κ2) is 8.92. The molecule has 0 amide bonds. The molecule has 3 aliphatic heterocycles. The zero-order chi connectivity index (χ0) is 22.8. The second-order valence-electron chi connectivity index (χ2n) is 8.27. The summed E-state index contributed by atoms with van der Waals surface area (Å²) in [6.07, 6.45) is 8.55. The van der Waals surface area contributed by atoms with Crippen LogP contribution in [0, 0.1) is 17.2 Å². The highest BCUT2D eigenvalue weighted by atomic mass is 16.5. The number of ether oxygens (including phenoxy) is 1. The molecule has 0 aromatic carbocycles. The third-order valence-corrected chi connectivity index (χ3v) is 6.21. The number of hydrogen-bond donors (Lipinski definition) is 1. The van der Waals surface area contributed by atoms with Crippen molar-refractivity contribution >= 4 is 17.6 Å². The zero-order valence-corrected chi connectivity index (χ0v) is 18.4. The van der Waals surface area contributed by atoms with Crippen LogP contribution in [0.5, 0.6) is 5.88 Å². The van der Waals surface area contributed by atoms with Gasteiger partial charge in [0.05, 0.1) is 25.4 Å². The lowest BCUT2D eigenvalue weighted by atomic mass is 9.89. The summed E-state index contributed by atoms with van der Waals surface area (Å²) >= 11 is 0. The van der Waals surface area contributed by atoms with E-state index >= 15 is 0 Å². The van der Waals surface area contributed by atoms with Gasteiger partial charge in [-0.3, -0.25) is 9.91 Å². The van der Waals surface area contributed by atoms with E-state index in [1.165, 1.54) is 5.56 Å². The van der Waals surface area contributed by atoms with Crippen LogP contribution in [0.3, 0.4) is 0 Å². The normalized spacial score (nSPS) is 22.4. The lowest BCUT2D eigenvalue weighted by molar-refractivity contribution is 0.249. The highest BCUT2D eigenvalue weighted by Gasteiger charge is 2.36. The van der Waals surface area contributed by atoms with Crippen LogP contribution < -0.4 is 9.64 Å². The number of nitriles is 1. The molecule has 1 N–H and O–H groups in total. The van der Waals surface area contributed by atoms with Gasteiger partial charge in [0, 0.05) is 57.4 Å². The molecule has 0 spiro atoms. The Morgan fingerprint density at radius 2 is 1.97 bits per heavy atom. The first kappa shape index (κ1) is 21.0. The zero-order valence-electron chi connectivity index (χ0n) is 18.4. The first-order valence-electron chi connectivity index (χ1n) is 10.9. The highest BCUT2D eigenvalue weighted by Crippen LogP contribution is 2.35. The molecule has 3 aliphatic rings. The lowest BCUT2D eigenvalue weighted by Crippen LogP contribution is -2.46. The van der Waals surface area contributed by atoms with Crippen molar-refractivity contribution in [3.63, 3.8) is 0 Å². The minimum atomic E-state index is -0.366. The standard InChI is InChI=1S/C24H25N7O2/c1-33-23-5-2-17(12-27-23)15-29-6-8-30(9-7-29)22-4-3-18(13-26-22)21-10-20(32)16-31-24(21)19(11-25)14-28-31/h2-5,10,12-14,16,19,24,32H,6-9,15H2,1H3. The largest absolute Gasteiger partial charge is 0.506 e. The average Bonchev–Trinajstić information content (AvgIpc) is 3.27. The fourth-order valence-electron chi connectivity index (χ4n) is 4.45. The van der Waals surface area contributed by atoms with E-state index in [9.17, 15) is 10.4 Å². The summed E-state index contributed by atoms with van der Waals surface area (Å²) in [5.74, 6) is 1.31. The van der Waals surface area contributed by atoms with Crippen LogP contribution in [0.25, 0.3) is 5.57 Å². The van der Waals surface area contributed by atoms with Gasteiger partial charge < -0.3 is 14.7 Å². The summed E-state index contributed by atoms with van der Waals surface area (Å²) in [5.41, 5.74) is 2.89. The SMILES string of the molecule is COc1ccc(CN2CCN(c3ccc(C4=CC(O)=CN5N=CC(C#N)C45)cn3)CC2)cn1. The molecule has 2 atom stereocenters. The number of anilines is 1. The minimum absolute atomic E-state index is 0.115. The van der Waals surface area contributed by atoms with Gasteiger partial charge in [0.25, 0.3) is 0 Å². The number of hydrogen-bond acceptors (Lipinski definition) is 9. The van der Waals surface area contributed by atoms with Gasteiger partial charge in [-0.1, -0.05) is 6.07 Å². The van der Waals surface area contributed by atoms with E-state index in [0.29, 0.717) is 5.88 Å². The summed E-state index contributed by atoms with van der Waals surface area (Å²) in [5, 5.41) is 25.5. The monoisotopic (exact) mass is 443 g/mol. The van der Waals surface area contributed by atoms with Crippen LogP contribution in [0.4, 0.5) is 5.82 Å². The molecule has 5 rings (SSSR count). The number of aliphatic hydroxyl groups is 1. The van der Waals surface area contributed by atoms with Crippen molar-refractivity contribution in [3.8, 4) is 11.9 Å². The van der Waals surface area contributed by atoms with Crippen LogP contribution in [0.15, 0.2) is 59.8 Å². The maximum Gasteiger partial charge on any atom is 0.212 e. The van der Waals surface area contributed by atoms with Gasteiger partial charge in [0.1, 0.15) is 17.5 Å². The van der Waals surface area contributed by atoms with Gasteiger partial charge in [0.15, 0.2) is 0 Å². The molecule has 5 heterocycles. The van der Waals surface area contributed by atoms with Crippen LogP contribution in [0.1, 0.15) is 11.1 Å². The number of nitrogens with zero attached hydrogens (tertiary/aromatic N) is 7. The predicted molar refractivity (Wildman–Crippen MR) is 124 cm³/mol. The molecule has 2 unspecified atom stereocenters. The molecule has 0 saturated carbocycles. The van der Waals surface area contributed by atoms with E-state index in [-0.39, 0.29) is 17.7 Å². The first-order valence-corrected chi connectivity index (χ1v) is 10.9. The topological polar surface area (TPSA) is 101 Å². The number of allylic oxidation sites excluding steroid dienone is 1. The fourth-order valence-corrected chi connectivity index (χ4v) is 4.45. The molecule has 9 heteroatoms. The van der Waals surface area contributed by atoms with Crippen molar-refractivity contribution in [3.05, 3.63) is 65.8 Å². The Morgan fingerprint density at radius 1 is 1.12 bits per heavy atom. The van der Waals surface area contributed by atoms with Crippen molar-refractivity contribution in [1.82, 2.24) is 19.9 Å². The third-order valence-electron chi connectivity index (χ3n) is 6.21. The van der Waals surface area contributed by atoms with Gasteiger partial charge in [-0.05, 0) is 34.9 Å². The van der Waals surface area contributed by atoms with Crippen LogP contribution in [-0.4, -0.2) is 70.5 Å². The van der Waals surface area contributed by atoms with Crippen molar-refractivity contribution in [2.45, 2.75) is 12.6 Å². The summed E-state index contributed by atoms with van der Waals surface area (Å²) in [4.78, 5) is 13.7. The molecule has 0 radical (unpaired) electrons. The fraction of sp³-hybridized carbons (Fsp3) is 0.333. The van der Waals surface area contributed by atoms with Gasteiger partial charge in [0.2, 0.25) is 5.88 Å². The van der Waals surface area contributed by atoms with E-state index in [0.717, 1.165) is 49.7 Å². The summed E-state index contributed by atoms with van der Waals surface area (Å²) < 4.78 is 5.13. The predicted octanol–water partition coefficient (Wildman–Crippen LogP) is 2.41. The number of methoxy groups -OCH3 is 1. The molecular formula is C24H25N7O2.